The van der Waals surface area contributed by atoms with E-state index in [2.05, 4.69) is 30.7 Å². The molecule has 0 aliphatic heterocycles. The summed E-state index contributed by atoms with van der Waals surface area (Å²) in [4.78, 5) is 16.4. The Morgan fingerprint density at radius 1 is 1.07 bits per heavy atom. The summed E-state index contributed by atoms with van der Waals surface area (Å²) in [6.45, 7) is 2.00. The lowest BCUT2D eigenvalue weighted by Crippen LogP contribution is -2.14. The van der Waals surface area contributed by atoms with E-state index < -0.39 is 0 Å². The van der Waals surface area contributed by atoms with Crippen LogP contribution in [0.2, 0.25) is 0 Å². The van der Waals surface area contributed by atoms with E-state index in [9.17, 15) is 4.79 Å². The molecule has 8 nitrogen and oxygen atoms in total. The number of amides is 1. The first-order valence-corrected chi connectivity index (χ1v) is 10.7. The molecule has 4 aromatic rings. The molecule has 146 valence electrons. The molecule has 0 unspecified atom stereocenters. The Kier molecular flexibility index (Phi) is 5.92. The minimum Gasteiger partial charge on any atom is -0.300 e. The van der Waals surface area contributed by atoms with Crippen molar-refractivity contribution in [1.82, 2.24) is 29.9 Å². The molecule has 1 amide bonds. The van der Waals surface area contributed by atoms with Crippen LogP contribution in [-0.2, 0) is 11.2 Å². The van der Waals surface area contributed by atoms with Crippen molar-refractivity contribution in [3.8, 4) is 17.1 Å². The highest BCUT2D eigenvalue weighted by atomic mass is 32.2. The van der Waals surface area contributed by atoms with Crippen LogP contribution in [0.1, 0.15) is 11.9 Å². The summed E-state index contributed by atoms with van der Waals surface area (Å²) in [5.41, 5.74) is 1.82. The number of benzene rings is 1. The second kappa shape index (κ2) is 8.93. The number of anilines is 1. The standard InChI is InChI=1S/C19H17N7OS2/c1-2-16-22-24-18(29-16)21-15(27)12-28-19-25-23-17(13-8-10-20-11-9-13)26(19)14-6-4-3-5-7-14/h3-11H,2,12H2,1H3,(H,21,24,27). The van der Waals surface area contributed by atoms with Crippen molar-refractivity contribution >= 4 is 34.1 Å². The predicted molar refractivity (Wildman–Crippen MR) is 113 cm³/mol. The fourth-order valence-electron chi connectivity index (χ4n) is 2.59. The molecular weight excluding hydrogens is 406 g/mol. The number of hydrogen-bond acceptors (Lipinski definition) is 8. The highest BCUT2D eigenvalue weighted by Gasteiger charge is 2.17. The van der Waals surface area contributed by atoms with Gasteiger partial charge in [0.2, 0.25) is 11.0 Å². The minimum atomic E-state index is -0.165. The van der Waals surface area contributed by atoms with Gasteiger partial charge in [-0.3, -0.25) is 19.7 Å². The zero-order chi connectivity index (χ0) is 20.1. The highest BCUT2D eigenvalue weighted by molar-refractivity contribution is 7.99. The predicted octanol–water partition coefficient (Wildman–Crippen LogP) is 3.47. The SMILES string of the molecule is CCc1nnc(NC(=O)CSc2nnc(-c3ccncc3)n2-c2ccccc2)s1. The topological polar surface area (TPSA) is 98.5 Å². The van der Waals surface area contributed by atoms with Crippen molar-refractivity contribution in [2.75, 3.05) is 11.1 Å². The summed E-state index contributed by atoms with van der Waals surface area (Å²) in [6, 6.07) is 13.6. The molecule has 0 bridgehead atoms. The molecule has 0 atom stereocenters. The zero-order valence-corrected chi connectivity index (χ0v) is 17.2. The Morgan fingerprint density at radius 3 is 2.59 bits per heavy atom. The summed E-state index contributed by atoms with van der Waals surface area (Å²) >= 11 is 2.70. The number of carbonyl (C=O) groups is 1. The first-order valence-electron chi connectivity index (χ1n) is 8.91. The molecular formula is C19H17N7OS2. The van der Waals surface area contributed by atoms with E-state index >= 15 is 0 Å². The number of pyridine rings is 1. The maximum atomic E-state index is 12.3. The van der Waals surface area contributed by atoms with E-state index in [4.69, 9.17) is 0 Å². The number of nitrogens with one attached hydrogen (secondary N) is 1. The molecule has 4 rings (SSSR count). The van der Waals surface area contributed by atoms with E-state index in [0.29, 0.717) is 16.1 Å². The second-order valence-corrected chi connectivity index (χ2v) is 7.91. The van der Waals surface area contributed by atoms with Gasteiger partial charge in [-0.25, -0.2) is 0 Å². The van der Waals surface area contributed by atoms with E-state index in [1.54, 1.807) is 12.4 Å². The van der Waals surface area contributed by atoms with Crippen LogP contribution >= 0.6 is 23.1 Å². The lowest BCUT2D eigenvalue weighted by atomic mass is 10.2. The van der Waals surface area contributed by atoms with Crippen molar-refractivity contribution in [2.24, 2.45) is 0 Å². The summed E-state index contributed by atoms with van der Waals surface area (Å²) in [6.07, 6.45) is 4.22. The van der Waals surface area contributed by atoms with Gasteiger partial charge in [0, 0.05) is 23.6 Å². The number of carbonyl (C=O) groups excluding carboxylic acids is 1. The van der Waals surface area contributed by atoms with Crippen molar-refractivity contribution in [3.05, 3.63) is 59.9 Å². The Balaban J connectivity index is 1.55. The molecule has 0 aliphatic rings. The number of aromatic nitrogens is 6. The van der Waals surface area contributed by atoms with Crippen LogP contribution in [0.5, 0.6) is 0 Å². The average Bonchev–Trinajstić information content (AvgIpc) is 3.40. The molecule has 0 radical (unpaired) electrons. The van der Waals surface area contributed by atoms with Crippen LogP contribution in [0.4, 0.5) is 5.13 Å². The van der Waals surface area contributed by atoms with Gasteiger partial charge in [0.15, 0.2) is 11.0 Å². The summed E-state index contributed by atoms with van der Waals surface area (Å²) in [5.74, 6) is 0.711. The monoisotopic (exact) mass is 423 g/mol. The average molecular weight is 424 g/mol. The van der Waals surface area contributed by atoms with Crippen LogP contribution in [0.25, 0.3) is 17.1 Å². The highest BCUT2D eigenvalue weighted by Crippen LogP contribution is 2.27. The first-order chi connectivity index (χ1) is 14.2. The van der Waals surface area contributed by atoms with Gasteiger partial charge in [0.25, 0.3) is 0 Å². The fourth-order valence-corrected chi connectivity index (χ4v) is 4.04. The lowest BCUT2D eigenvalue weighted by molar-refractivity contribution is -0.113. The van der Waals surface area contributed by atoms with Crippen LogP contribution in [-0.4, -0.2) is 41.6 Å². The zero-order valence-electron chi connectivity index (χ0n) is 15.5. The molecule has 1 N–H and O–H groups in total. The van der Waals surface area contributed by atoms with Gasteiger partial charge in [-0.1, -0.05) is 48.2 Å². The number of rotatable bonds is 7. The number of para-hydroxylation sites is 1. The Bertz CT molecular complexity index is 1100. The van der Waals surface area contributed by atoms with Gasteiger partial charge in [-0.2, -0.15) is 0 Å². The molecule has 0 fully saturated rings. The summed E-state index contributed by atoms with van der Waals surface area (Å²) in [7, 11) is 0. The summed E-state index contributed by atoms with van der Waals surface area (Å²) in [5, 5.41) is 21.5. The molecule has 0 saturated heterocycles. The van der Waals surface area contributed by atoms with Gasteiger partial charge >= 0.3 is 0 Å². The fraction of sp³-hybridized carbons (Fsp3) is 0.158. The van der Waals surface area contributed by atoms with Crippen molar-refractivity contribution in [1.29, 1.82) is 0 Å². The largest absolute Gasteiger partial charge is 0.300 e. The number of aryl methyl sites for hydroxylation is 1. The normalized spacial score (nSPS) is 10.8. The van der Waals surface area contributed by atoms with Crippen LogP contribution in [0.3, 0.4) is 0 Å². The molecule has 0 aliphatic carbocycles. The number of hydrogen-bond donors (Lipinski definition) is 1. The van der Waals surface area contributed by atoms with Gasteiger partial charge < -0.3 is 0 Å². The molecule has 0 spiro atoms. The van der Waals surface area contributed by atoms with Crippen LogP contribution in [0.15, 0.2) is 60.0 Å². The van der Waals surface area contributed by atoms with Crippen molar-refractivity contribution < 1.29 is 4.79 Å². The maximum absolute atomic E-state index is 12.3. The van der Waals surface area contributed by atoms with Gasteiger partial charge in [-0.15, -0.1) is 20.4 Å². The first kappa shape index (κ1) is 19.2. The minimum absolute atomic E-state index is 0.165. The quantitative estimate of drug-likeness (QED) is 0.454. The smallest absolute Gasteiger partial charge is 0.236 e. The Labute approximate surface area is 175 Å². The van der Waals surface area contributed by atoms with Gasteiger partial charge in [-0.05, 0) is 30.7 Å². The van der Waals surface area contributed by atoms with Crippen LogP contribution in [0, 0.1) is 0 Å². The van der Waals surface area contributed by atoms with Gasteiger partial charge in [0.05, 0.1) is 5.75 Å². The Morgan fingerprint density at radius 2 is 1.86 bits per heavy atom. The number of thioether (sulfide) groups is 1. The molecule has 3 aromatic heterocycles. The van der Waals surface area contributed by atoms with Crippen LogP contribution < -0.4 is 5.32 Å². The molecule has 1 aromatic carbocycles. The molecule has 0 saturated carbocycles. The third kappa shape index (κ3) is 4.49. The lowest BCUT2D eigenvalue weighted by Gasteiger charge is -2.10. The van der Waals surface area contributed by atoms with E-state index in [1.807, 2.05) is 54.0 Å². The van der Waals surface area contributed by atoms with E-state index in [1.165, 1.54) is 23.1 Å². The second-order valence-electron chi connectivity index (χ2n) is 5.90. The molecule has 3 heterocycles. The third-order valence-corrected chi connectivity index (χ3v) is 5.85. The van der Waals surface area contributed by atoms with Crippen molar-refractivity contribution in [2.45, 2.75) is 18.5 Å². The third-order valence-electron chi connectivity index (χ3n) is 3.93. The molecule has 10 heteroatoms. The van der Waals surface area contributed by atoms with E-state index in [-0.39, 0.29) is 11.7 Å². The molecule has 29 heavy (non-hydrogen) atoms. The van der Waals surface area contributed by atoms with Crippen molar-refractivity contribution in [3.63, 3.8) is 0 Å². The Hall–Kier alpha value is -3.11. The van der Waals surface area contributed by atoms with E-state index in [0.717, 1.165) is 22.7 Å². The number of nitrogens with zero attached hydrogens (tertiary/aromatic N) is 6. The van der Waals surface area contributed by atoms with Gasteiger partial charge in [0.1, 0.15) is 5.01 Å². The maximum Gasteiger partial charge on any atom is 0.236 e. The summed E-state index contributed by atoms with van der Waals surface area (Å²) < 4.78 is 1.94.